The highest BCUT2D eigenvalue weighted by Crippen LogP contribution is 2.31. The lowest BCUT2D eigenvalue weighted by atomic mass is 10.1. The van der Waals surface area contributed by atoms with E-state index in [1.165, 1.54) is 18.4 Å². The number of hydrogen-bond acceptors (Lipinski definition) is 4. The van der Waals surface area contributed by atoms with Crippen molar-refractivity contribution in [1.29, 1.82) is 0 Å². The van der Waals surface area contributed by atoms with Crippen LogP contribution in [-0.4, -0.2) is 31.7 Å². The molecule has 0 aromatic heterocycles. The van der Waals surface area contributed by atoms with Gasteiger partial charge in [0.2, 0.25) is 0 Å². The fourth-order valence-corrected chi connectivity index (χ4v) is 4.12. The molecule has 0 aliphatic carbocycles. The predicted molar refractivity (Wildman–Crippen MR) is 83.1 cm³/mol. The Bertz CT molecular complexity index is 560. The second kappa shape index (κ2) is 5.94. The zero-order chi connectivity index (χ0) is 14.0. The number of nitrogens with one attached hydrogen (secondary N) is 1. The first kappa shape index (κ1) is 15.0. The Morgan fingerprint density at radius 3 is 2.79 bits per heavy atom. The average Bonchev–Trinajstić information content (AvgIpc) is 2.33. The van der Waals surface area contributed by atoms with E-state index in [0.29, 0.717) is 26.9 Å². The first-order valence-corrected chi connectivity index (χ1v) is 9.57. The second-order valence-electron chi connectivity index (χ2n) is 4.88. The number of sulfone groups is 1. The van der Waals surface area contributed by atoms with E-state index in [1.54, 1.807) is 18.2 Å². The lowest BCUT2D eigenvalue weighted by Crippen LogP contribution is -2.32. The van der Waals surface area contributed by atoms with Gasteiger partial charge in [-0.3, -0.25) is 0 Å². The maximum absolute atomic E-state index is 11.6. The van der Waals surface area contributed by atoms with E-state index in [2.05, 4.69) is 12.2 Å². The molecule has 0 radical (unpaired) electrons. The van der Waals surface area contributed by atoms with Crippen molar-refractivity contribution in [3.8, 4) is 0 Å². The Kier molecular flexibility index (Phi) is 4.69. The van der Waals surface area contributed by atoms with E-state index in [4.69, 9.17) is 11.6 Å². The van der Waals surface area contributed by atoms with Crippen LogP contribution in [0.1, 0.15) is 19.8 Å². The van der Waals surface area contributed by atoms with Crippen molar-refractivity contribution in [2.45, 2.75) is 36.0 Å². The third-order valence-corrected chi connectivity index (χ3v) is 6.13. The van der Waals surface area contributed by atoms with Gasteiger partial charge in [-0.15, -0.1) is 0 Å². The molecule has 6 heteroatoms. The van der Waals surface area contributed by atoms with E-state index < -0.39 is 9.84 Å². The largest absolute Gasteiger partial charge is 0.380 e. The second-order valence-corrected chi connectivity index (χ2v) is 8.79. The van der Waals surface area contributed by atoms with Gasteiger partial charge >= 0.3 is 0 Å². The van der Waals surface area contributed by atoms with Crippen LogP contribution >= 0.6 is 23.4 Å². The van der Waals surface area contributed by atoms with E-state index >= 15 is 0 Å². The molecule has 19 heavy (non-hydrogen) atoms. The molecule has 3 nitrogen and oxygen atoms in total. The summed E-state index contributed by atoms with van der Waals surface area (Å²) in [7, 11) is -3.20. The van der Waals surface area contributed by atoms with E-state index in [0.717, 1.165) is 6.42 Å². The van der Waals surface area contributed by atoms with Crippen molar-refractivity contribution < 1.29 is 8.42 Å². The summed E-state index contributed by atoms with van der Waals surface area (Å²) in [6.07, 6.45) is 3.47. The van der Waals surface area contributed by atoms with Gasteiger partial charge in [0.15, 0.2) is 9.84 Å². The molecule has 106 valence electrons. The van der Waals surface area contributed by atoms with Gasteiger partial charge in [0, 0.05) is 17.5 Å². The number of benzene rings is 1. The first-order valence-electron chi connectivity index (χ1n) is 6.25. The Labute approximate surface area is 124 Å². The monoisotopic (exact) mass is 319 g/mol. The van der Waals surface area contributed by atoms with Crippen LogP contribution in [-0.2, 0) is 9.84 Å². The molecular formula is C13H18ClNO2S2. The van der Waals surface area contributed by atoms with Gasteiger partial charge in [0.25, 0.3) is 0 Å². The standard InChI is InChI=1S/C13H18ClNO2S2/c1-9-12(4-3-7-18-9)15-13-8-10(19(2,16)17)5-6-11(13)14/h5-6,8-9,12,15H,3-4,7H2,1-2H3. The molecule has 1 fully saturated rings. The lowest BCUT2D eigenvalue weighted by molar-refractivity contribution is 0.601. The maximum Gasteiger partial charge on any atom is 0.175 e. The minimum absolute atomic E-state index is 0.301. The van der Waals surface area contributed by atoms with Crippen molar-refractivity contribution >= 4 is 38.9 Å². The fourth-order valence-electron chi connectivity index (χ4n) is 2.16. The van der Waals surface area contributed by atoms with Crippen LogP contribution in [0.5, 0.6) is 0 Å². The summed E-state index contributed by atoms with van der Waals surface area (Å²) < 4.78 is 23.2. The normalized spacial score (nSPS) is 24.2. The van der Waals surface area contributed by atoms with Gasteiger partial charge in [-0.2, -0.15) is 11.8 Å². The Morgan fingerprint density at radius 1 is 1.42 bits per heavy atom. The molecule has 2 atom stereocenters. The summed E-state index contributed by atoms with van der Waals surface area (Å²) in [5.41, 5.74) is 0.712. The van der Waals surface area contributed by atoms with Crippen LogP contribution in [0.2, 0.25) is 5.02 Å². The smallest absolute Gasteiger partial charge is 0.175 e. The molecule has 1 aliphatic heterocycles. The third-order valence-electron chi connectivity index (χ3n) is 3.31. The van der Waals surface area contributed by atoms with Crippen LogP contribution in [0.3, 0.4) is 0 Å². The number of anilines is 1. The molecule has 1 aromatic carbocycles. The van der Waals surface area contributed by atoms with Crippen molar-refractivity contribution in [1.82, 2.24) is 0 Å². The molecule has 1 N–H and O–H groups in total. The lowest BCUT2D eigenvalue weighted by Gasteiger charge is -2.30. The molecular weight excluding hydrogens is 302 g/mol. The molecule has 2 rings (SSSR count). The van der Waals surface area contributed by atoms with Gasteiger partial charge in [0.05, 0.1) is 15.6 Å². The summed E-state index contributed by atoms with van der Waals surface area (Å²) in [4.78, 5) is 0.301. The highest BCUT2D eigenvalue weighted by Gasteiger charge is 2.22. The van der Waals surface area contributed by atoms with Gasteiger partial charge in [-0.1, -0.05) is 18.5 Å². The van der Waals surface area contributed by atoms with Crippen LogP contribution in [0.25, 0.3) is 0 Å². The quantitative estimate of drug-likeness (QED) is 0.927. The molecule has 0 saturated carbocycles. The molecule has 1 heterocycles. The molecule has 1 aliphatic rings. The zero-order valence-corrected chi connectivity index (χ0v) is 13.4. The predicted octanol–water partition coefficient (Wildman–Crippen LogP) is 3.44. The Hall–Kier alpha value is -0.390. The fraction of sp³-hybridized carbons (Fsp3) is 0.538. The Morgan fingerprint density at radius 2 is 2.16 bits per heavy atom. The number of hydrogen-bond donors (Lipinski definition) is 1. The van der Waals surface area contributed by atoms with Crippen molar-refractivity contribution in [3.63, 3.8) is 0 Å². The van der Waals surface area contributed by atoms with E-state index in [-0.39, 0.29) is 0 Å². The van der Waals surface area contributed by atoms with Gasteiger partial charge in [-0.05, 0) is 36.8 Å². The minimum atomic E-state index is -3.20. The molecule has 1 aromatic rings. The van der Waals surface area contributed by atoms with Gasteiger partial charge in [0.1, 0.15) is 0 Å². The SMILES string of the molecule is CC1SCCCC1Nc1cc(S(C)(=O)=O)ccc1Cl. The van der Waals surface area contributed by atoms with Gasteiger partial charge < -0.3 is 5.32 Å². The summed E-state index contributed by atoms with van der Waals surface area (Å²) in [5, 5.41) is 4.47. The minimum Gasteiger partial charge on any atom is -0.380 e. The van der Waals surface area contributed by atoms with E-state index in [9.17, 15) is 8.42 Å². The van der Waals surface area contributed by atoms with Crippen LogP contribution in [0, 0.1) is 0 Å². The maximum atomic E-state index is 11.6. The van der Waals surface area contributed by atoms with E-state index in [1.807, 2.05) is 11.8 Å². The van der Waals surface area contributed by atoms with Crippen LogP contribution in [0.4, 0.5) is 5.69 Å². The van der Waals surface area contributed by atoms with Crippen LogP contribution < -0.4 is 5.32 Å². The summed E-state index contributed by atoms with van der Waals surface area (Å²) in [6, 6.07) is 5.15. The number of rotatable bonds is 3. The summed E-state index contributed by atoms with van der Waals surface area (Å²) in [6.45, 7) is 2.19. The molecule has 0 amide bonds. The Balaban J connectivity index is 2.24. The number of halogens is 1. The first-order chi connectivity index (χ1) is 8.88. The number of thioether (sulfide) groups is 1. The highest BCUT2D eigenvalue weighted by atomic mass is 35.5. The van der Waals surface area contributed by atoms with Crippen molar-refractivity contribution in [2.75, 3.05) is 17.3 Å². The molecule has 1 saturated heterocycles. The topological polar surface area (TPSA) is 46.2 Å². The molecule has 0 bridgehead atoms. The third kappa shape index (κ3) is 3.80. The van der Waals surface area contributed by atoms with Gasteiger partial charge in [-0.25, -0.2) is 8.42 Å². The summed E-state index contributed by atoms with van der Waals surface area (Å²) in [5.74, 6) is 1.19. The van der Waals surface area contributed by atoms with Crippen molar-refractivity contribution in [3.05, 3.63) is 23.2 Å². The van der Waals surface area contributed by atoms with Crippen molar-refractivity contribution in [2.24, 2.45) is 0 Å². The zero-order valence-electron chi connectivity index (χ0n) is 11.0. The summed E-state index contributed by atoms with van der Waals surface area (Å²) >= 11 is 8.09. The molecule has 2 unspecified atom stereocenters. The van der Waals surface area contributed by atoms with Crippen LogP contribution in [0.15, 0.2) is 23.1 Å². The average molecular weight is 320 g/mol. The molecule has 0 spiro atoms. The highest BCUT2D eigenvalue weighted by molar-refractivity contribution is 8.00.